The number of methoxy groups -OCH3 is 2. The summed E-state index contributed by atoms with van der Waals surface area (Å²) in [5.74, 6) is 1.06. The fraction of sp³-hybridized carbons (Fsp3) is 0.318. The number of carbonyl (C=O) groups is 1. The van der Waals surface area contributed by atoms with Crippen molar-refractivity contribution in [1.29, 1.82) is 0 Å². The zero-order chi connectivity index (χ0) is 21.3. The number of rotatable bonds is 4. The van der Waals surface area contributed by atoms with Gasteiger partial charge in [0, 0.05) is 24.7 Å². The molecule has 1 saturated heterocycles. The van der Waals surface area contributed by atoms with Gasteiger partial charge in [0.1, 0.15) is 11.5 Å². The minimum atomic E-state index is -0.283. The highest BCUT2D eigenvalue weighted by Gasteiger charge is 2.19. The quantitative estimate of drug-likeness (QED) is 0.645. The number of hydrogen-bond donors (Lipinski definition) is 1. The first-order valence-corrected chi connectivity index (χ1v) is 10.2. The third-order valence-corrected chi connectivity index (χ3v) is 5.70. The molecule has 0 radical (unpaired) electrons. The van der Waals surface area contributed by atoms with E-state index < -0.39 is 0 Å². The Balaban J connectivity index is 1.81. The number of H-pyrrole nitrogens is 1. The zero-order valence-electron chi connectivity index (χ0n) is 16.9. The highest BCUT2D eigenvalue weighted by molar-refractivity contribution is 7.71. The van der Waals surface area contributed by atoms with E-state index in [1.54, 1.807) is 43.5 Å². The van der Waals surface area contributed by atoms with Crippen LogP contribution in [0.5, 0.6) is 11.5 Å². The van der Waals surface area contributed by atoms with Gasteiger partial charge in [0.25, 0.3) is 11.5 Å². The number of piperidine rings is 1. The van der Waals surface area contributed by atoms with Crippen LogP contribution < -0.4 is 15.0 Å². The molecule has 3 aromatic rings. The summed E-state index contributed by atoms with van der Waals surface area (Å²) in [5, 5.41) is 0.441. The van der Waals surface area contributed by atoms with Gasteiger partial charge in [-0.25, -0.2) is 4.57 Å². The Hall–Kier alpha value is -3.13. The molecule has 1 aliphatic rings. The Kier molecular flexibility index (Phi) is 5.59. The molecule has 4 rings (SSSR count). The topological polar surface area (TPSA) is 76.6 Å². The van der Waals surface area contributed by atoms with Crippen molar-refractivity contribution in [3.63, 3.8) is 0 Å². The number of likely N-dealkylation sites (tertiary alicyclic amines) is 1. The van der Waals surface area contributed by atoms with Crippen molar-refractivity contribution in [2.75, 3.05) is 27.3 Å². The predicted molar refractivity (Wildman–Crippen MR) is 118 cm³/mol. The second-order valence-electron chi connectivity index (χ2n) is 7.22. The minimum Gasteiger partial charge on any atom is -0.497 e. The van der Waals surface area contributed by atoms with Crippen LogP contribution in [0.2, 0.25) is 0 Å². The number of amides is 1. The first kappa shape index (κ1) is 20.2. The largest absolute Gasteiger partial charge is 0.497 e. The van der Waals surface area contributed by atoms with Crippen LogP contribution in [0.3, 0.4) is 0 Å². The normalized spacial score (nSPS) is 14.0. The monoisotopic (exact) mass is 425 g/mol. The van der Waals surface area contributed by atoms with Gasteiger partial charge >= 0.3 is 0 Å². The fourth-order valence-electron chi connectivity index (χ4n) is 3.82. The van der Waals surface area contributed by atoms with Gasteiger partial charge in [-0.3, -0.25) is 9.59 Å². The molecule has 1 amide bonds. The van der Waals surface area contributed by atoms with Crippen molar-refractivity contribution in [1.82, 2.24) is 14.5 Å². The molecule has 8 heteroatoms. The molecule has 1 aliphatic heterocycles. The molecule has 1 fully saturated rings. The maximum atomic E-state index is 13.2. The summed E-state index contributed by atoms with van der Waals surface area (Å²) in [6.45, 7) is 1.54. The number of hydrogen-bond acceptors (Lipinski definition) is 5. The van der Waals surface area contributed by atoms with E-state index in [1.807, 2.05) is 4.90 Å². The zero-order valence-corrected chi connectivity index (χ0v) is 17.8. The number of ether oxygens (including phenoxy) is 2. The smallest absolute Gasteiger partial charge is 0.266 e. The van der Waals surface area contributed by atoms with Crippen LogP contribution in [-0.2, 0) is 0 Å². The van der Waals surface area contributed by atoms with Crippen LogP contribution in [-0.4, -0.2) is 47.7 Å². The van der Waals surface area contributed by atoms with E-state index in [0.717, 1.165) is 32.4 Å². The molecule has 30 heavy (non-hydrogen) atoms. The number of nitrogens with zero attached hydrogens (tertiary/aromatic N) is 2. The minimum absolute atomic E-state index is 0.0167. The van der Waals surface area contributed by atoms with Crippen molar-refractivity contribution in [2.45, 2.75) is 19.3 Å². The molecule has 0 aliphatic carbocycles. The lowest BCUT2D eigenvalue weighted by molar-refractivity contribution is 0.0724. The van der Waals surface area contributed by atoms with Crippen LogP contribution in [0, 0.1) is 4.77 Å². The van der Waals surface area contributed by atoms with Gasteiger partial charge in [-0.2, -0.15) is 0 Å². The molecule has 7 nitrogen and oxygen atoms in total. The van der Waals surface area contributed by atoms with Crippen LogP contribution in [0.1, 0.15) is 29.6 Å². The molecular formula is C22H23N3O4S. The van der Waals surface area contributed by atoms with E-state index in [1.165, 1.54) is 11.7 Å². The van der Waals surface area contributed by atoms with Gasteiger partial charge in [-0.15, -0.1) is 0 Å². The molecule has 156 valence electrons. The average molecular weight is 426 g/mol. The van der Waals surface area contributed by atoms with Gasteiger partial charge in [-0.05, 0) is 61.8 Å². The molecule has 1 aromatic heterocycles. The molecular weight excluding hydrogens is 402 g/mol. The van der Waals surface area contributed by atoms with E-state index in [9.17, 15) is 9.59 Å². The van der Waals surface area contributed by atoms with Gasteiger partial charge in [0.15, 0.2) is 4.77 Å². The number of aromatic nitrogens is 2. The second kappa shape index (κ2) is 8.31. The third-order valence-electron chi connectivity index (χ3n) is 5.42. The molecule has 0 saturated carbocycles. The van der Waals surface area contributed by atoms with Gasteiger partial charge in [0.05, 0.1) is 30.8 Å². The number of nitrogens with one attached hydrogen (secondary N) is 1. The lowest BCUT2D eigenvalue weighted by Gasteiger charge is -2.26. The summed E-state index contributed by atoms with van der Waals surface area (Å²) in [7, 11) is 3.08. The van der Waals surface area contributed by atoms with E-state index >= 15 is 0 Å². The maximum absolute atomic E-state index is 13.2. The van der Waals surface area contributed by atoms with Gasteiger partial charge in [-0.1, -0.05) is 0 Å². The van der Waals surface area contributed by atoms with Crippen molar-refractivity contribution in [2.24, 2.45) is 0 Å². The van der Waals surface area contributed by atoms with Gasteiger partial charge < -0.3 is 19.4 Å². The number of fused-ring (bicyclic) bond motifs is 1. The SMILES string of the molecule is COc1ccc(-n2c(=S)[nH]c3cc(C(=O)N4CCCCC4)ccc3c2=O)c(OC)c1. The summed E-state index contributed by atoms with van der Waals surface area (Å²) < 4.78 is 12.3. The van der Waals surface area contributed by atoms with Crippen molar-refractivity contribution < 1.29 is 14.3 Å². The van der Waals surface area contributed by atoms with E-state index in [2.05, 4.69) is 4.98 Å². The van der Waals surface area contributed by atoms with E-state index in [0.29, 0.717) is 33.7 Å². The molecule has 0 atom stereocenters. The molecule has 0 spiro atoms. The maximum Gasteiger partial charge on any atom is 0.266 e. The average Bonchev–Trinajstić information content (AvgIpc) is 2.78. The predicted octanol–water partition coefficient (Wildman–Crippen LogP) is 3.69. The van der Waals surface area contributed by atoms with Crippen LogP contribution >= 0.6 is 12.2 Å². The Labute approximate surface area is 178 Å². The molecule has 0 unspecified atom stereocenters. The lowest BCUT2D eigenvalue weighted by Crippen LogP contribution is -2.35. The van der Waals surface area contributed by atoms with Crippen molar-refractivity contribution in [3.05, 3.63) is 57.1 Å². The number of aromatic amines is 1. The number of carbonyl (C=O) groups excluding carboxylic acids is 1. The van der Waals surface area contributed by atoms with Crippen LogP contribution in [0.4, 0.5) is 0 Å². The third kappa shape index (κ3) is 3.59. The van der Waals surface area contributed by atoms with Gasteiger partial charge in [0.2, 0.25) is 0 Å². The van der Waals surface area contributed by atoms with Crippen molar-refractivity contribution in [3.8, 4) is 17.2 Å². The van der Waals surface area contributed by atoms with Crippen LogP contribution in [0.15, 0.2) is 41.2 Å². The summed E-state index contributed by atoms with van der Waals surface area (Å²) in [6, 6.07) is 10.2. The number of benzene rings is 2. The molecule has 1 N–H and O–H groups in total. The lowest BCUT2D eigenvalue weighted by atomic mass is 10.1. The van der Waals surface area contributed by atoms with Crippen LogP contribution in [0.25, 0.3) is 16.6 Å². The standard InChI is InChI=1S/C22H23N3O4S/c1-28-15-7-9-18(19(13-15)29-2)25-21(27)16-8-6-14(12-17(16)23-22(25)30)20(26)24-10-4-3-5-11-24/h6-9,12-13H,3-5,10-11H2,1-2H3,(H,23,30). The van der Waals surface area contributed by atoms with Crippen molar-refractivity contribution >= 4 is 29.0 Å². The van der Waals surface area contributed by atoms with E-state index in [4.69, 9.17) is 21.7 Å². The fourth-order valence-corrected chi connectivity index (χ4v) is 4.11. The Morgan fingerprint density at radius 1 is 1.03 bits per heavy atom. The summed E-state index contributed by atoms with van der Waals surface area (Å²) in [5.41, 5.74) is 1.32. The summed E-state index contributed by atoms with van der Waals surface area (Å²) >= 11 is 5.48. The summed E-state index contributed by atoms with van der Waals surface area (Å²) in [4.78, 5) is 31.0. The molecule has 2 aromatic carbocycles. The Morgan fingerprint density at radius 2 is 1.80 bits per heavy atom. The first-order valence-electron chi connectivity index (χ1n) is 9.84. The Bertz CT molecular complexity index is 1230. The summed E-state index contributed by atoms with van der Waals surface area (Å²) in [6.07, 6.45) is 3.20. The molecule has 2 heterocycles. The highest BCUT2D eigenvalue weighted by atomic mass is 32.1. The highest BCUT2D eigenvalue weighted by Crippen LogP contribution is 2.27. The van der Waals surface area contributed by atoms with E-state index in [-0.39, 0.29) is 16.2 Å². The second-order valence-corrected chi connectivity index (χ2v) is 7.61. The molecule has 0 bridgehead atoms. The first-order chi connectivity index (χ1) is 14.5. The Morgan fingerprint density at radius 3 is 2.50 bits per heavy atom.